The molecule has 3 aliphatic rings. The summed E-state index contributed by atoms with van der Waals surface area (Å²) in [5, 5.41) is 20.7. The van der Waals surface area contributed by atoms with Crippen molar-refractivity contribution in [1.29, 1.82) is 0 Å². The average molecular weight is 448 g/mol. The van der Waals surface area contributed by atoms with Gasteiger partial charge in [0.1, 0.15) is 12.4 Å². The highest BCUT2D eigenvalue weighted by Crippen LogP contribution is 2.45. The summed E-state index contributed by atoms with van der Waals surface area (Å²) in [7, 11) is 0. The van der Waals surface area contributed by atoms with Gasteiger partial charge >= 0.3 is 5.56 Å². The fourth-order valence-electron chi connectivity index (χ4n) is 5.65. The maximum Gasteiger partial charge on any atom is 0.316 e. The van der Waals surface area contributed by atoms with Crippen LogP contribution in [0, 0.1) is 0 Å². The van der Waals surface area contributed by atoms with E-state index in [1.54, 1.807) is 9.47 Å². The first-order valence-corrected chi connectivity index (χ1v) is 11.6. The third-order valence-corrected chi connectivity index (χ3v) is 7.27. The Kier molecular flexibility index (Phi) is 5.44. The smallest absolute Gasteiger partial charge is 0.316 e. The molecule has 0 radical (unpaired) electrons. The lowest BCUT2D eigenvalue weighted by atomic mass is 9.82. The van der Waals surface area contributed by atoms with Crippen LogP contribution in [0.25, 0.3) is 0 Å². The van der Waals surface area contributed by atoms with Crippen LogP contribution in [0.2, 0.25) is 0 Å². The number of aliphatic hydroxyl groups is 1. The number of aliphatic hydroxyl groups excluding tert-OH is 1. The number of carbonyl (C=O) groups excluding carboxylic acids is 1. The van der Waals surface area contributed by atoms with E-state index in [0.29, 0.717) is 6.54 Å². The summed E-state index contributed by atoms with van der Waals surface area (Å²) in [5.74, 6) is -0.956. The highest BCUT2D eigenvalue weighted by atomic mass is 16.3. The second-order valence-electron chi connectivity index (χ2n) is 9.43. The number of aromatic nitrogens is 2. The zero-order valence-electron chi connectivity index (χ0n) is 19.0. The molecule has 2 aromatic rings. The molecule has 0 spiro atoms. The van der Waals surface area contributed by atoms with Crippen molar-refractivity contribution in [2.45, 2.75) is 64.1 Å². The molecule has 2 atom stereocenters. The van der Waals surface area contributed by atoms with Gasteiger partial charge in [-0.15, -0.1) is 0 Å². The molecule has 2 unspecified atom stereocenters. The summed E-state index contributed by atoms with van der Waals surface area (Å²) in [4.78, 5) is 31.3. The zero-order valence-corrected chi connectivity index (χ0v) is 19.0. The number of hydrogen-bond donors (Lipinski definition) is 2. The van der Waals surface area contributed by atoms with E-state index in [1.807, 2.05) is 19.9 Å². The summed E-state index contributed by atoms with van der Waals surface area (Å²) in [5.41, 5.74) is 4.28. The number of allylic oxidation sites excluding steroid dienone is 4. The molecule has 172 valence electrons. The molecule has 0 saturated heterocycles. The van der Waals surface area contributed by atoms with Crippen LogP contribution in [0.15, 0.2) is 52.4 Å². The van der Waals surface area contributed by atoms with Crippen LogP contribution in [0.5, 0.6) is 5.75 Å². The number of benzene rings is 1. The Hall–Kier alpha value is -3.19. The van der Waals surface area contributed by atoms with Crippen LogP contribution in [0.1, 0.15) is 72.5 Å². The third kappa shape index (κ3) is 3.51. The van der Waals surface area contributed by atoms with Crippen LogP contribution in [-0.2, 0) is 13.0 Å². The van der Waals surface area contributed by atoms with Crippen LogP contribution in [0.4, 0.5) is 0 Å². The molecule has 1 aromatic carbocycles. The normalized spacial score (nSPS) is 22.2. The van der Waals surface area contributed by atoms with Gasteiger partial charge in [-0.3, -0.25) is 9.59 Å². The van der Waals surface area contributed by atoms with Crippen molar-refractivity contribution in [3.05, 3.63) is 80.6 Å². The van der Waals surface area contributed by atoms with Crippen LogP contribution < -0.4 is 5.56 Å². The van der Waals surface area contributed by atoms with E-state index in [2.05, 4.69) is 35.3 Å². The van der Waals surface area contributed by atoms with Gasteiger partial charge in [-0.1, -0.05) is 42.0 Å². The van der Waals surface area contributed by atoms with Gasteiger partial charge in [0, 0.05) is 18.5 Å². The number of hydrogen-bond acceptors (Lipinski definition) is 5. The van der Waals surface area contributed by atoms with Crippen molar-refractivity contribution in [2.75, 3.05) is 6.54 Å². The van der Waals surface area contributed by atoms with Crippen LogP contribution in [0.3, 0.4) is 0 Å². The maximum absolute atomic E-state index is 13.3. The van der Waals surface area contributed by atoms with Crippen molar-refractivity contribution in [3.63, 3.8) is 0 Å². The van der Waals surface area contributed by atoms with Gasteiger partial charge in [0.2, 0.25) is 5.75 Å². The fourth-order valence-corrected chi connectivity index (χ4v) is 5.65. The first-order chi connectivity index (χ1) is 15.9. The average Bonchev–Trinajstić information content (AvgIpc) is 2.97. The van der Waals surface area contributed by atoms with Gasteiger partial charge in [0.05, 0.1) is 6.04 Å². The number of fused-ring (bicyclic) bond motifs is 2. The van der Waals surface area contributed by atoms with Crippen molar-refractivity contribution in [2.24, 2.45) is 0 Å². The molecule has 5 rings (SSSR count). The molecule has 2 heterocycles. The van der Waals surface area contributed by atoms with E-state index in [4.69, 9.17) is 0 Å². The second-order valence-corrected chi connectivity index (χ2v) is 9.43. The Morgan fingerprint density at radius 3 is 2.76 bits per heavy atom. The van der Waals surface area contributed by atoms with Gasteiger partial charge in [0.15, 0.2) is 5.69 Å². The molecule has 1 amide bonds. The Morgan fingerprint density at radius 1 is 1.21 bits per heavy atom. The Balaban J connectivity index is 1.75. The van der Waals surface area contributed by atoms with Crippen molar-refractivity contribution in [3.8, 4) is 5.75 Å². The van der Waals surface area contributed by atoms with Gasteiger partial charge in [-0.05, 0) is 56.2 Å². The minimum Gasteiger partial charge on any atom is -0.501 e. The lowest BCUT2D eigenvalue weighted by Gasteiger charge is -2.42. The van der Waals surface area contributed by atoms with Crippen molar-refractivity contribution < 1.29 is 15.0 Å². The lowest BCUT2D eigenvalue weighted by molar-refractivity contribution is 0.0567. The summed E-state index contributed by atoms with van der Waals surface area (Å²) in [6.45, 7) is 3.78. The molecule has 7 heteroatoms. The molecular weight excluding hydrogens is 418 g/mol. The highest BCUT2D eigenvalue weighted by Gasteiger charge is 2.42. The first kappa shape index (κ1) is 21.6. The molecule has 0 fully saturated rings. The van der Waals surface area contributed by atoms with E-state index in [1.165, 1.54) is 22.3 Å². The molecule has 33 heavy (non-hydrogen) atoms. The van der Waals surface area contributed by atoms with Gasteiger partial charge < -0.3 is 19.7 Å². The van der Waals surface area contributed by atoms with E-state index in [0.717, 1.165) is 25.7 Å². The van der Waals surface area contributed by atoms with Crippen molar-refractivity contribution in [1.82, 2.24) is 14.5 Å². The largest absolute Gasteiger partial charge is 0.501 e. The van der Waals surface area contributed by atoms with E-state index < -0.39 is 23.8 Å². The SMILES string of the molecule is CC(C)N1CC(C2CC3=C(CCC=C3)Cc3ccccc32)n2c(CO)nc(=O)c(O)c2C1=O. The topological polar surface area (TPSA) is 95.7 Å². The molecule has 1 aromatic heterocycles. The molecule has 7 nitrogen and oxygen atoms in total. The summed E-state index contributed by atoms with van der Waals surface area (Å²) in [6.07, 6.45) is 8.21. The van der Waals surface area contributed by atoms with Crippen LogP contribution in [-0.4, -0.2) is 43.2 Å². The lowest BCUT2D eigenvalue weighted by Crippen LogP contribution is -2.50. The number of carbonyl (C=O) groups is 1. The molecule has 2 N–H and O–H groups in total. The van der Waals surface area contributed by atoms with Crippen LogP contribution >= 0.6 is 0 Å². The van der Waals surface area contributed by atoms with Gasteiger partial charge in [0.25, 0.3) is 5.91 Å². The summed E-state index contributed by atoms with van der Waals surface area (Å²) < 4.78 is 1.64. The molecule has 1 aliphatic heterocycles. The number of amides is 1. The molecular formula is C26H29N3O4. The van der Waals surface area contributed by atoms with E-state index in [-0.39, 0.29) is 29.5 Å². The Labute approximate surface area is 192 Å². The van der Waals surface area contributed by atoms with Gasteiger partial charge in [-0.2, -0.15) is 4.98 Å². The van der Waals surface area contributed by atoms with Crippen molar-refractivity contribution >= 4 is 5.91 Å². The maximum atomic E-state index is 13.3. The second kappa shape index (κ2) is 8.30. The minimum atomic E-state index is -0.885. The highest BCUT2D eigenvalue weighted by molar-refractivity contribution is 5.96. The molecule has 2 aliphatic carbocycles. The summed E-state index contributed by atoms with van der Waals surface area (Å²) >= 11 is 0. The van der Waals surface area contributed by atoms with E-state index in [9.17, 15) is 19.8 Å². The molecule has 0 saturated carbocycles. The zero-order chi connectivity index (χ0) is 23.3. The predicted molar refractivity (Wildman–Crippen MR) is 124 cm³/mol. The van der Waals surface area contributed by atoms with Gasteiger partial charge in [-0.25, -0.2) is 0 Å². The Morgan fingerprint density at radius 2 is 2.00 bits per heavy atom. The standard InChI is InChI=1S/C26H29N3O4/c1-15(2)28-13-21(29-22(14-30)27-25(32)24(31)23(29)26(28)33)20-12-17-8-4-3-7-16(17)11-18-9-5-6-10-19(18)20/h4-6,8-10,15,20-21,30-31H,3,7,11-14H2,1-2H3. The summed E-state index contributed by atoms with van der Waals surface area (Å²) in [6, 6.07) is 8.01. The monoisotopic (exact) mass is 447 g/mol. The fraction of sp³-hybridized carbons (Fsp3) is 0.423. The number of rotatable bonds is 3. The number of nitrogens with zero attached hydrogens (tertiary/aromatic N) is 3. The minimum absolute atomic E-state index is 0.0152. The quantitative estimate of drug-likeness (QED) is 0.753. The Bertz CT molecular complexity index is 1240. The predicted octanol–water partition coefficient (Wildman–Crippen LogP) is 3.22. The third-order valence-electron chi connectivity index (χ3n) is 7.27. The number of aromatic hydroxyl groups is 1. The first-order valence-electron chi connectivity index (χ1n) is 11.6. The van der Waals surface area contributed by atoms with E-state index >= 15 is 0 Å². The molecule has 0 bridgehead atoms.